The van der Waals surface area contributed by atoms with E-state index in [1.165, 1.54) is 33.4 Å². The van der Waals surface area contributed by atoms with Gasteiger partial charge >= 0.3 is 0 Å². The van der Waals surface area contributed by atoms with E-state index in [2.05, 4.69) is 171 Å². The highest BCUT2D eigenvalue weighted by Crippen LogP contribution is 2.39. The number of benzene rings is 6. The molecule has 6 aromatic rings. The Morgan fingerprint density at radius 2 is 0.897 bits per heavy atom. The molecular weight excluding hydrogens is 717 g/mol. The number of aryl methyl sites for hydroxylation is 4. The maximum atomic E-state index is 6.17. The van der Waals surface area contributed by atoms with Crippen LogP contribution in [0.15, 0.2) is 133 Å². The normalized spacial score (nSPS) is 16.9. The third-order valence-electron chi connectivity index (χ3n) is 11.5. The number of rotatable bonds is 13. The van der Waals surface area contributed by atoms with Gasteiger partial charge in [0.1, 0.15) is 0 Å². The van der Waals surface area contributed by atoms with Gasteiger partial charge in [0.15, 0.2) is 12.6 Å². The van der Waals surface area contributed by atoms with Gasteiger partial charge in [0.05, 0.1) is 13.2 Å². The Labute approximate surface area is 345 Å². The first-order valence-electron chi connectivity index (χ1n) is 21.0. The molecule has 58 heavy (non-hydrogen) atoms. The zero-order valence-electron chi connectivity index (χ0n) is 34.5. The van der Waals surface area contributed by atoms with Crippen molar-refractivity contribution in [2.75, 3.05) is 23.0 Å². The Balaban J connectivity index is 1.05. The van der Waals surface area contributed by atoms with Gasteiger partial charge in [0.2, 0.25) is 0 Å². The van der Waals surface area contributed by atoms with Crippen LogP contribution >= 0.6 is 0 Å². The minimum Gasteiger partial charge on any atom is -0.353 e. The van der Waals surface area contributed by atoms with Crippen LogP contribution in [0.1, 0.15) is 71.9 Å². The molecule has 0 aromatic heterocycles. The molecule has 298 valence electrons. The molecular formula is C52H56N2O4. The second-order valence-corrected chi connectivity index (χ2v) is 15.9. The SMILES string of the molecule is Cc1ccc(N(c2ccc(-c3ccc(N(c4ccc(COC5CCCCO5)cc4)c4ccc(COC5CCCCO5)c(C)c4)cc3)cc2)c2ccc(C)c(C)c2)cc1. The largest absolute Gasteiger partial charge is 0.353 e. The van der Waals surface area contributed by atoms with Crippen molar-refractivity contribution in [3.8, 4) is 11.1 Å². The summed E-state index contributed by atoms with van der Waals surface area (Å²) in [7, 11) is 0. The number of nitrogens with zero attached hydrogens (tertiary/aromatic N) is 2. The zero-order chi connectivity index (χ0) is 39.8. The van der Waals surface area contributed by atoms with Gasteiger partial charge < -0.3 is 28.7 Å². The van der Waals surface area contributed by atoms with E-state index in [-0.39, 0.29) is 12.6 Å². The summed E-state index contributed by atoms with van der Waals surface area (Å²) in [5.74, 6) is 0. The van der Waals surface area contributed by atoms with E-state index in [9.17, 15) is 0 Å². The highest BCUT2D eigenvalue weighted by molar-refractivity contribution is 5.81. The predicted octanol–water partition coefficient (Wildman–Crippen LogP) is 13.6. The lowest BCUT2D eigenvalue weighted by Gasteiger charge is -2.27. The van der Waals surface area contributed by atoms with Crippen LogP contribution in [-0.2, 0) is 32.2 Å². The topological polar surface area (TPSA) is 43.4 Å². The maximum Gasteiger partial charge on any atom is 0.158 e. The van der Waals surface area contributed by atoms with Crippen LogP contribution in [0, 0.1) is 27.7 Å². The van der Waals surface area contributed by atoms with Crippen LogP contribution in [0.5, 0.6) is 0 Å². The van der Waals surface area contributed by atoms with E-state index in [0.717, 1.165) is 97.0 Å². The van der Waals surface area contributed by atoms with Crippen LogP contribution in [0.3, 0.4) is 0 Å². The fourth-order valence-corrected chi connectivity index (χ4v) is 7.84. The minimum absolute atomic E-state index is 0.112. The lowest BCUT2D eigenvalue weighted by atomic mass is 10.0. The lowest BCUT2D eigenvalue weighted by molar-refractivity contribution is -0.169. The molecule has 0 spiro atoms. The summed E-state index contributed by atoms with van der Waals surface area (Å²) in [4.78, 5) is 4.66. The Kier molecular flexibility index (Phi) is 12.7. The van der Waals surface area contributed by atoms with Gasteiger partial charge in [-0.3, -0.25) is 0 Å². The fraction of sp³-hybridized carbons (Fsp3) is 0.308. The van der Waals surface area contributed by atoms with Crippen molar-refractivity contribution in [2.45, 2.75) is 92.0 Å². The fourth-order valence-electron chi connectivity index (χ4n) is 7.84. The van der Waals surface area contributed by atoms with Crippen molar-refractivity contribution in [3.05, 3.63) is 167 Å². The molecule has 6 aromatic carbocycles. The van der Waals surface area contributed by atoms with Gasteiger partial charge in [-0.25, -0.2) is 0 Å². The van der Waals surface area contributed by atoms with E-state index < -0.39 is 0 Å². The molecule has 2 heterocycles. The second kappa shape index (κ2) is 18.6. The molecule has 0 aliphatic carbocycles. The Morgan fingerprint density at radius 1 is 0.448 bits per heavy atom. The van der Waals surface area contributed by atoms with Crippen molar-refractivity contribution in [1.29, 1.82) is 0 Å². The molecule has 2 aliphatic heterocycles. The van der Waals surface area contributed by atoms with Gasteiger partial charge in [0.25, 0.3) is 0 Å². The third kappa shape index (κ3) is 9.54. The van der Waals surface area contributed by atoms with E-state index >= 15 is 0 Å². The van der Waals surface area contributed by atoms with Crippen molar-refractivity contribution in [1.82, 2.24) is 0 Å². The Hall–Kier alpha value is -5.24. The first-order chi connectivity index (χ1) is 28.4. The molecule has 2 fully saturated rings. The van der Waals surface area contributed by atoms with Crippen LogP contribution < -0.4 is 9.80 Å². The summed E-state index contributed by atoms with van der Waals surface area (Å²) in [5, 5.41) is 0. The highest BCUT2D eigenvalue weighted by atomic mass is 16.7. The highest BCUT2D eigenvalue weighted by Gasteiger charge is 2.19. The number of hydrogen-bond acceptors (Lipinski definition) is 6. The molecule has 6 heteroatoms. The van der Waals surface area contributed by atoms with Gasteiger partial charge in [-0.05, 0) is 178 Å². The molecule has 0 radical (unpaired) electrons. The van der Waals surface area contributed by atoms with Crippen LogP contribution in [0.25, 0.3) is 11.1 Å². The van der Waals surface area contributed by atoms with E-state index in [0.29, 0.717) is 13.2 Å². The maximum absolute atomic E-state index is 6.17. The van der Waals surface area contributed by atoms with Crippen molar-refractivity contribution < 1.29 is 18.9 Å². The molecule has 8 rings (SSSR count). The molecule has 0 amide bonds. The average molecular weight is 773 g/mol. The standard InChI is InChI=1S/C52H56N2O4/c1-37-11-21-45(22-12-37)53(49-23-13-38(2)39(3)33-49)47-26-16-42(17-27-47)43-18-28-48(29-19-43)54(46-24-14-41(15-25-46)35-57-51-9-5-7-31-55-51)50-30-20-44(40(4)34-50)36-58-52-10-6-8-32-56-52/h11-30,33-34,51-52H,5-10,31-32,35-36H2,1-4H3. The molecule has 0 saturated carbocycles. The van der Waals surface area contributed by atoms with E-state index in [4.69, 9.17) is 18.9 Å². The van der Waals surface area contributed by atoms with Gasteiger partial charge in [-0.1, -0.05) is 66.2 Å². The molecule has 2 atom stereocenters. The molecule has 6 nitrogen and oxygen atoms in total. The van der Waals surface area contributed by atoms with Crippen LogP contribution in [0.4, 0.5) is 34.1 Å². The molecule has 2 aliphatic rings. The smallest absolute Gasteiger partial charge is 0.158 e. The first kappa shape index (κ1) is 39.6. The van der Waals surface area contributed by atoms with Crippen molar-refractivity contribution in [2.24, 2.45) is 0 Å². The van der Waals surface area contributed by atoms with E-state index in [1.54, 1.807) is 0 Å². The quantitative estimate of drug-likeness (QED) is 0.116. The molecule has 0 bridgehead atoms. The van der Waals surface area contributed by atoms with Crippen LogP contribution in [0.2, 0.25) is 0 Å². The van der Waals surface area contributed by atoms with Crippen LogP contribution in [-0.4, -0.2) is 25.8 Å². The summed E-state index contributed by atoms with van der Waals surface area (Å²) in [6.07, 6.45) is 6.22. The van der Waals surface area contributed by atoms with Gasteiger partial charge in [0, 0.05) is 47.3 Å². The second-order valence-electron chi connectivity index (χ2n) is 15.9. The summed E-state index contributed by atoms with van der Waals surface area (Å²) in [6, 6.07) is 48.6. The van der Waals surface area contributed by atoms with E-state index in [1.807, 2.05) is 0 Å². The van der Waals surface area contributed by atoms with Gasteiger partial charge in [-0.2, -0.15) is 0 Å². The summed E-state index contributed by atoms with van der Waals surface area (Å²) in [5.41, 5.74) is 16.3. The monoisotopic (exact) mass is 772 g/mol. The molecule has 2 unspecified atom stereocenters. The number of ether oxygens (including phenoxy) is 4. The summed E-state index contributed by atoms with van der Waals surface area (Å²) >= 11 is 0. The van der Waals surface area contributed by atoms with Crippen molar-refractivity contribution in [3.63, 3.8) is 0 Å². The minimum atomic E-state index is -0.115. The predicted molar refractivity (Wildman–Crippen MR) is 237 cm³/mol. The summed E-state index contributed by atoms with van der Waals surface area (Å²) in [6.45, 7) is 11.3. The molecule has 0 N–H and O–H groups in total. The summed E-state index contributed by atoms with van der Waals surface area (Å²) < 4.78 is 23.9. The Bertz CT molecular complexity index is 2240. The Morgan fingerprint density at radius 3 is 1.38 bits per heavy atom. The lowest BCUT2D eigenvalue weighted by Crippen LogP contribution is -2.22. The first-order valence-corrected chi connectivity index (χ1v) is 21.0. The van der Waals surface area contributed by atoms with Crippen molar-refractivity contribution >= 4 is 34.1 Å². The zero-order valence-corrected chi connectivity index (χ0v) is 34.5. The number of hydrogen-bond donors (Lipinski definition) is 0. The third-order valence-corrected chi connectivity index (χ3v) is 11.5. The van der Waals surface area contributed by atoms with Gasteiger partial charge in [-0.15, -0.1) is 0 Å². The molecule has 2 saturated heterocycles. The average Bonchev–Trinajstić information content (AvgIpc) is 3.26. The number of anilines is 6.